The number of nitrogens with two attached hydrogens (primary N) is 1. The van der Waals surface area contributed by atoms with Crippen LogP contribution in [0.15, 0.2) is 66.7 Å². The predicted molar refractivity (Wildman–Crippen MR) is 117 cm³/mol. The minimum absolute atomic E-state index is 0.0410. The van der Waals surface area contributed by atoms with Gasteiger partial charge in [-0.15, -0.1) is 0 Å². The van der Waals surface area contributed by atoms with Gasteiger partial charge in [-0.3, -0.25) is 4.98 Å². The maximum Gasteiger partial charge on any atom is 0.340 e. The molecule has 4 rings (SSSR count). The van der Waals surface area contributed by atoms with E-state index in [0.717, 1.165) is 11.3 Å². The smallest absolute Gasteiger partial charge is 0.340 e. The van der Waals surface area contributed by atoms with Crippen LogP contribution in [0.3, 0.4) is 0 Å². The summed E-state index contributed by atoms with van der Waals surface area (Å²) >= 11 is 0. The molecule has 0 spiro atoms. The molecule has 2 aromatic heterocycles. The number of anilines is 3. The number of hydrogen-bond donors (Lipinski definition) is 2. The van der Waals surface area contributed by atoms with Gasteiger partial charge in [0, 0.05) is 11.3 Å². The van der Waals surface area contributed by atoms with Crippen molar-refractivity contribution < 1.29 is 13.9 Å². The van der Waals surface area contributed by atoms with Crippen molar-refractivity contribution in [1.82, 2.24) is 19.9 Å². The van der Waals surface area contributed by atoms with Crippen molar-refractivity contribution in [2.45, 2.75) is 13.5 Å². The van der Waals surface area contributed by atoms with Crippen molar-refractivity contribution in [3.63, 3.8) is 0 Å². The summed E-state index contributed by atoms with van der Waals surface area (Å²) in [7, 11) is 0. The molecule has 0 fully saturated rings. The number of aromatic nitrogens is 4. The lowest BCUT2D eigenvalue weighted by molar-refractivity contribution is 0.0461. The molecule has 2 aromatic carbocycles. The molecule has 32 heavy (non-hydrogen) atoms. The number of nitrogens with one attached hydrogen (secondary N) is 1. The first-order chi connectivity index (χ1) is 15.5. The van der Waals surface area contributed by atoms with Gasteiger partial charge in [0.2, 0.25) is 11.9 Å². The number of halogens is 1. The Bertz CT molecular complexity index is 1250. The number of hydrogen-bond acceptors (Lipinski definition) is 8. The lowest BCUT2D eigenvalue weighted by Crippen LogP contribution is -2.12. The zero-order valence-electron chi connectivity index (χ0n) is 17.1. The van der Waals surface area contributed by atoms with Gasteiger partial charge >= 0.3 is 5.97 Å². The van der Waals surface area contributed by atoms with E-state index in [-0.39, 0.29) is 30.1 Å². The van der Waals surface area contributed by atoms with E-state index >= 15 is 0 Å². The Labute approximate surface area is 183 Å². The van der Waals surface area contributed by atoms with Gasteiger partial charge in [-0.25, -0.2) is 9.18 Å². The summed E-state index contributed by atoms with van der Waals surface area (Å²) in [5.41, 5.74) is 8.92. The van der Waals surface area contributed by atoms with Gasteiger partial charge in [-0.05, 0) is 43.3 Å². The van der Waals surface area contributed by atoms with Crippen molar-refractivity contribution in [3.8, 4) is 11.3 Å². The van der Waals surface area contributed by atoms with Crippen LogP contribution < -0.4 is 11.1 Å². The van der Waals surface area contributed by atoms with Crippen LogP contribution in [0.25, 0.3) is 11.3 Å². The number of pyridine rings is 1. The Kier molecular flexibility index (Phi) is 5.98. The average molecular weight is 430 g/mol. The molecule has 9 heteroatoms. The average Bonchev–Trinajstić information content (AvgIpc) is 2.79. The van der Waals surface area contributed by atoms with E-state index in [0.29, 0.717) is 16.9 Å². The van der Waals surface area contributed by atoms with Gasteiger partial charge in [0.25, 0.3) is 0 Å². The molecule has 0 unspecified atom stereocenters. The molecule has 0 aliphatic carbocycles. The SMILES string of the molecule is Cc1nc(-c2ccccc2)ccc1C(=O)OCc1nc(N)nc(Nc2ccc(F)cc2)n1. The summed E-state index contributed by atoms with van der Waals surface area (Å²) in [6.07, 6.45) is 0. The Morgan fingerprint density at radius 2 is 1.72 bits per heavy atom. The second kappa shape index (κ2) is 9.17. The second-order valence-corrected chi connectivity index (χ2v) is 6.84. The number of carbonyl (C=O) groups excluding carboxylic acids is 1. The summed E-state index contributed by atoms with van der Waals surface area (Å²) in [6, 6.07) is 18.8. The lowest BCUT2D eigenvalue weighted by atomic mass is 10.1. The van der Waals surface area contributed by atoms with Crippen LogP contribution in [-0.2, 0) is 11.3 Å². The zero-order chi connectivity index (χ0) is 22.5. The van der Waals surface area contributed by atoms with Crippen LogP contribution >= 0.6 is 0 Å². The van der Waals surface area contributed by atoms with Gasteiger partial charge in [0.05, 0.1) is 17.0 Å². The summed E-state index contributed by atoms with van der Waals surface area (Å²) in [5, 5.41) is 2.90. The van der Waals surface area contributed by atoms with Crippen LogP contribution in [0.2, 0.25) is 0 Å². The summed E-state index contributed by atoms with van der Waals surface area (Å²) in [4.78, 5) is 29.2. The van der Waals surface area contributed by atoms with E-state index in [4.69, 9.17) is 10.5 Å². The fourth-order valence-electron chi connectivity index (χ4n) is 2.98. The molecule has 160 valence electrons. The topological polar surface area (TPSA) is 116 Å². The summed E-state index contributed by atoms with van der Waals surface area (Å²) in [5.74, 6) is -0.635. The van der Waals surface area contributed by atoms with Crippen molar-refractivity contribution >= 4 is 23.6 Å². The highest BCUT2D eigenvalue weighted by molar-refractivity contribution is 5.90. The van der Waals surface area contributed by atoms with Crippen molar-refractivity contribution in [1.29, 1.82) is 0 Å². The van der Waals surface area contributed by atoms with E-state index in [9.17, 15) is 9.18 Å². The van der Waals surface area contributed by atoms with Gasteiger partial charge in [-0.2, -0.15) is 15.0 Å². The first kappa shape index (κ1) is 20.9. The molecule has 2 heterocycles. The van der Waals surface area contributed by atoms with Crippen LogP contribution in [0.1, 0.15) is 21.9 Å². The third-order valence-electron chi connectivity index (χ3n) is 4.51. The molecular formula is C23H19FN6O2. The first-order valence-corrected chi connectivity index (χ1v) is 9.71. The van der Waals surface area contributed by atoms with Gasteiger partial charge in [0.15, 0.2) is 12.4 Å². The predicted octanol–water partition coefficient (Wildman–Crippen LogP) is 4.06. The number of rotatable bonds is 6. The van der Waals surface area contributed by atoms with Crippen LogP contribution in [0.5, 0.6) is 0 Å². The minimum atomic E-state index is -0.554. The highest BCUT2D eigenvalue weighted by atomic mass is 19.1. The maximum atomic E-state index is 13.1. The number of aryl methyl sites for hydroxylation is 1. The van der Waals surface area contributed by atoms with Crippen LogP contribution in [-0.4, -0.2) is 25.9 Å². The van der Waals surface area contributed by atoms with E-state index in [2.05, 4.69) is 25.3 Å². The molecule has 4 aromatic rings. The zero-order valence-corrected chi connectivity index (χ0v) is 17.1. The third kappa shape index (κ3) is 5.01. The van der Waals surface area contributed by atoms with E-state index in [1.165, 1.54) is 24.3 Å². The van der Waals surface area contributed by atoms with Crippen LogP contribution in [0.4, 0.5) is 22.0 Å². The first-order valence-electron chi connectivity index (χ1n) is 9.71. The molecule has 0 amide bonds. The number of nitrogens with zero attached hydrogens (tertiary/aromatic N) is 4. The monoisotopic (exact) mass is 430 g/mol. The van der Waals surface area contributed by atoms with E-state index < -0.39 is 5.97 Å². The molecule has 0 atom stereocenters. The molecule has 0 bridgehead atoms. The quantitative estimate of drug-likeness (QED) is 0.440. The number of nitrogen functional groups attached to an aromatic ring is 1. The Balaban J connectivity index is 1.44. The Morgan fingerprint density at radius 1 is 0.969 bits per heavy atom. The second-order valence-electron chi connectivity index (χ2n) is 6.84. The third-order valence-corrected chi connectivity index (χ3v) is 4.51. The number of benzene rings is 2. The maximum absolute atomic E-state index is 13.1. The molecule has 0 aliphatic rings. The largest absolute Gasteiger partial charge is 0.454 e. The number of ether oxygens (including phenoxy) is 1. The van der Waals surface area contributed by atoms with E-state index in [1.54, 1.807) is 19.1 Å². The van der Waals surface area contributed by atoms with Crippen LogP contribution in [0, 0.1) is 12.7 Å². The molecule has 3 N–H and O–H groups in total. The van der Waals surface area contributed by atoms with Gasteiger partial charge < -0.3 is 15.8 Å². The van der Waals surface area contributed by atoms with E-state index in [1.807, 2.05) is 30.3 Å². The van der Waals surface area contributed by atoms with Crippen molar-refractivity contribution in [2.24, 2.45) is 0 Å². The Morgan fingerprint density at radius 3 is 2.44 bits per heavy atom. The molecule has 0 radical (unpaired) electrons. The standard InChI is InChI=1S/C23H19FN6O2/c1-14-18(11-12-19(26-14)15-5-3-2-4-6-15)21(31)32-13-20-28-22(25)30-23(29-20)27-17-9-7-16(24)8-10-17/h2-12H,13H2,1H3,(H3,25,27,28,29,30). The summed E-state index contributed by atoms with van der Waals surface area (Å²) < 4.78 is 18.4. The Hall–Kier alpha value is -4.40. The minimum Gasteiger partial charge on any atom is -0.454 e. The molecule has 0 aliphatic heterocycles. The van der Waals surface area contributed by atoms with Gasteiger partial charge in [-0.1, -0.05) is 30.3 Å². The fourth-order valence-corrected chi connectivity index (χ4v) is 2.98. The molecule has 0 saturated heterocycles. The lowest BCUT2D eigenvalue weighted by Gasteiger charge is -2.10. The number of carbonyl (C=O) groups is 1. The summed E-state index contributed by atoms with van der Waals surface area (Å²) in [6.45, 7) is 1.54. The molecular weight excluding hydrogens is 411 g/mol. The highest BCUT2D eigenvalue weighted by Gasteiger charge is 2.15. The number of esters is 1. The van der Waals surface area contributed by atoms with Crippen molar-refractivity contribution in [3.05, 3.63) is 89.6 Å². The fraction of sp³-hybridized carbons (Fsp3) is 0.0870. The molecule has 8 nitrogen and oxygen atoms in total. The highest BCUT2D eigenvalue weighted by Crippen LogP contribution is 2.19. The van der Waals surface area contributed by atoms with Gasteiger partial charge in [0.1, 0.15) is 5.82 Å². The van der Waals surface area contributed by atoms with Crippen molar-refractivity contribution in [2.75, 3.05) is 11.1 Å². The molecule has 0 saturated carbocycles. The normalized spacial score (nSPS) is 10.6.